The van der Waals surface area contributed by atoms with Crippen molar-refractivity contribution in [1.82, 2.24) is 0 Å². The zero-order valence-electron chi connectivity index (χ0n) is 18.5. The van der Waals surface area contributed by atoms with Crippen LogP contribution in [0, 0.1) is 35.1 Å². The maximum atomic E-state index is 14.6. The molecule has 0 saturated carbocycles. The van der Waals surface area contributed by atoms with Gasteiger partial charge in [-0.15, -0.1) is 6.58 Å². The average molecular weight is 458 g/mol. The molecule has 0 nitrogen and oxygen atoms in total. The first kappa shape index (κ1) is 23.3. The monoisotopic (exact) mass is 458 g/mol. The molecule has 4 aromatic carbocycles. The molecule has 0 amide bonds. The molecule has 34 heavy (non-hydrogen) atoms. The normalized spacial score (nSPS) is 10.7. The van der Waals surface area contributed by atoms with E-state index in [9.17, 15) is 17.6 Å². The molecule has 0 radical (unpaired) electrons. The number of rotatable bonds is 6. The van der Waals surface area contributed by atoms with Gasteiger partial charge in [0.1, 0.15) is 23.3 Å². The molecule has 0 spiro atoms. The lowest BCUT2D eigenvalue weighted by atomic mass is 10.00. The number of fused-ring (bicyclic) bond motifs is 1. The van der Waals surface area contributed by atoms with Crippen LogP contribution in [0.2, 0.25) is 0 Å². The predicted octanol–water partition coefficient (Wildman–Crippen LogP) is 7.70. The Labute approximate surface area is 196 Å². The molecule has 0 atom stereocenters. The molecule has 4 aromatic rings. The lowest BCUT2D eigenvalue weighted by molar-refractivity contribution is 0.573. The van der Waals surface area contributed by atoms with Crippen LogP contribution in [0.25, 0.3) is 10.8 Å². The summed E-state index contributed by atoms with van der Waals surface area (Å²) in [6.07, 6.45) is 3.90. The van der Waals surface area contributed by atoms with Crippen molar-refractivity contribution in [2.75, 3.05) is 0 Å². The van der Waals surface area contributed by atoms with Gasteiger partial charge in [-0.2, -0.15) is 0 Å². The molecular weight excluding hydrogens is 436 g/mol. The third-order valence-corrected chi connectivity index (χ3v) is 5.67. The molecule has 0 aliphatic carbocycles. The Morgan fingerprint density at radius 3 is 2.09 bits per heavy atom. The first-order chi connectivity index (χ1) is 16.4. The maximum Gasteiger partial charge on any atom is 0.142 e. The third kappa shape index (κ3) is 5.55. The summed E-state index contributed by atoms with van der Waals surface area (Å²) in [4.78, 5) is 0. The van der Waals surface area contributed by atoms with E-state index in [0.29, 0.717) is 29.5 Å². The largest absolute Gasteiger partial charge is 0.207 e. The van der Waals surface area contributed by atoms with Gasteiger partial charge in [-0.3, -0.25) is 0 Å². The first-order valence-electron chi connectivity index (χ1n) is 11.0. The summed E-state index contributed by atoms with van der Waals surface area (Å²) in [5.41, 5.74) is 2.07. The van der Waals surface area contributed by atoms with Crippen LogP contribution in [0.4, 0.5) is 17.6 Å². The molecule has 0 unspecified atom stereocenters. The van der Waals surface area contributed by atoms with Crippen molar-refractivity contribution < 1.29 is 17.6 Å². The molecule has 4 heteroatoms. The molecule has 0 aromatic heterocycles. The van der Waals surface area contributed by atoms with Crippen LogP contribution in [0.5, 0.6) is 0 Å². The van der Waals surface area contributed by atoms with E-state index in [1.807, 2.05) is 6.07 Å². The lowest BCUT2D eigenvalue weighted by Crippen LogP contribution is -1.99. The van der Waals surface area contributed by atoms with Crippen LogP contribution < -0.4 is 0 Å². The summed E-state index contributed by atoms with van der Waals surface area (Å²) in [5, 5.41) is 1.50. The first-order valence-corrected chi connectivity index (χ1v) is 11.0. The highest BCUT2D eigenvalue weighted by atomic mass is 19.1. The molecule has 0 aliphatic heterocycles. The van der Waals surface area contributed by atoms with Crippen molar-refractivity contribution in [1.29, 1.82) is 0 Å². The number of benzene rings is 4. The van der Waals surface area contributed by atoms with E-state index >= 15 is 0 Å². The number of aryl methyl sites for hydroxylation is 3. The molecule has 170 valence electrons. The van der Waals surface area contributed by atoms with Crippen LogP contribution in [0.1, 0.15) is 34.2 Å². The van der Waals surface area contributed by atoms with Gasteiger partial charge < -0.3 is 0 Å². The fourth-order valence-corrected chi connectivity index (χ4v) is 3.82. The molecule has 0 saturated heterocycles. The van der Waals surface area contributed by atoms with Gasteiger partial charge in [-0.1, -0.05) is 42.2 Å². The van der Waals surface area contributed by atoms with E-state index in [0.717, 1.165) is 29.2 Å². The minimum atomic E-state index is -0.759. The molecule has 0 heterocycles. The molecule has 0 N–H and O–H groups in total. The highest BCUT2D eigenvalue weighted by Gasteiger charge is 2.11. The van der Waals surface area contributed by atoms with Crippen LogP contribution in [-0.2, 0) is 19.3 Å². The number of allylic oxidation sites excluding steroid dienone is 1. The van der Waals surface area contributed by atoms with Crippen LogP contribution in [0.3, 0.4) is 0 Å². The topological polar surface area (TPSA) is 0 Å². The summed E-state index contributed by atoms with van der Waals surface area (Å²) in [6.45, 7) is 3.66. The third-order valence-electron chi connectivity index (χ3n) is 5.67. The quantitative estimate of drug-likeness (QED) is 0.158. The smallest absolute Gasteiger partial charge is 0.142 e. The van der Waals surface area contributed by atoms with Gasteiger partial charge in [0.15, 0.2) is 0 Å². The van der Waals surface area contributed by atoms with Gasteiger partial charge in [0.05, 0.1) is 5.56 Å². The van der Waals surface area contributed by atoms with E-state index in [1.165, 1.54) is 30.3 Å². The van der Waals surface area contributed by atoms with E-state index in [-0.39, 0.29) is 17.2 Å². The molecular formula is C30H22F4. The summed E-state index contributed by atoms with van der Waals surface area (Å²) in [7, 11) is 0. The van der Waals surface area contributed by atoms with Crippen LogP contribution >= 0.6 is 0 Å². The van der Waals surface area contributed by atoms with Gasteiger partial charge >= 0.3 is 0 Å². The van der Waals surface area contributed by atoms with Crippen molar-refractivity contribution in [2.45, 2.75) is 25.7 Å². The van der Waals surface area contributed by atoms with E-state index in [1.54, 1.807) is 36.4 Å². The second-order valence-corrected chi connectivity index (χ2v) is 8.14. The zero-order valence-corrected chi connectivity index (χ0v) is 18.5. The minimum Gasteiger partial charge on any atom is -0.207 e. The molecule has 0 fully saturated rings. The highest BCUT2D eigenvalue weighted by molar-refractivity contribution is 5.84. The Balaban J connectivity index is 1.49. The fraction of sp³-hybridized carbons (Fsp3) is 0.133. The Morgan fingerprint density at radius 2 is 1.35 bits per heavy atom. The van der Waals surface area contributed by atoms with Gasteiger partial charge in [0.2, 0.25) is 0 Å². The van der Waals surface area contributed by atoms with Crippen molar-refractivity contribution >= 4 is 10.8 Å². The Bertz CT molecular complexity index is 1400. The second kappa shape index (κ2) is 10.4. The van der Waals surface area contributed by atoms with E-state index in [2.05, 4.69) is 18.4 Å². The van der Waals surface area contributed by atoms with Crippen molar-refractivity contribution in [3.05, 3.63) is 130 Å². The molecule has 0 bridgehead atoms. The Morgan fingerprint density at radius 1 is 0.647 bits per heavy atom. The zero-order chi connectivity index (χ0) is 24.1. The predicted molar refractivity (Wildman–Crippen MR) is 129 cm³/mol. The standard InChI is InChI=1S/C30H22F4/c1-2-3-4-20-5-9-23(28(32)16-20)10-7-22-17-29(33)27(30(34)18-22)14-8-21-6-11-25-19-26(31)13-12-24(25)15-21/h2,5-6,9,11-13,15-19H,1,3-4,7,10H2. The number of hydrogen-bond donors (Lipinski definition) is 0. The van der Waals surface area contributed by atoms with E-state index in [4.69, 9.17) is 0 Å². The van der Waals surface area contributed by atoms with E-state index < -0.39 is 11.6 Å². The summed E-state index contributed by atoms with van der Waals surface area (Å²) >= 11 is 0. The maximum absolute atomic E-state index is 14.6. The van der Waals surface area contributed by atoms with Crippen LogP contribution in [0.15, 0.2) is 79.4 Å². The SMILES string of the molecule is C=CCCc1ccc(CCc2cc(F)c(C#Cc3ccc4cc(F)ccc4c3)c(F)c2)c(F)c1. The van der Waals surface area contributed by atoms with Gasteiger partial charge in [-0.25, -0.2) is 17.6 Å². The number of hydrogen-bond acceptors (Lipinski definition) is 0. The average Bonchev–Trinajstić information content (AvgIpc) is 2.81. The van der Waals surface area contributed by atoms with Crippen molar-refractivity contribution in [2.24, 2.45) is 0 Å². The van der Waals surface area contributed by atoms with Crippen molar-refractivity contribution in [3.63, 3.8) is 0 Å². The van der Waals surface area contributed by atoms with Gasteiger partial charge in [0.25, 0.3) is 0 Å². The minimum absolute atomic E-state index is 0.297. The van der Waals surface area contributed by atoms with Crippen molar-refractivity contribution in [3.8, 4) is 11.8 Å². The summed E-state index contributed by atoms with van der Waals surface area (Å²) in [5.74, 6) is 3.17. The van der Waals surface area contributed by atoms with Crippen LogP contribution in [-0.4, -0.2) is 0 Å². The summed E-state index contributed by atoms with van der Waals surface area (Å²) in [6, 6.07) is 17.1. The fourth-order valence-electron chi connectivity index (χ4n) is 3.82. The Hall–Kier alpha value is -3.84. The summed E-state index contributed by atoms with van der Waals surface area (Å²) < 4.78 is 56.9. The second-order valence-electron chi connectivity index (χ2n) is 8.14. The molecule has 0 aliphatic rings. The number of halogens is 4. The Kier molecular flexibility index (Phi) is 7.13. The van der Waals surface area contributed by atoms with Gasteiger partial charge in [-0.05, 0) is 95.6 Å². The van der Waals surface area contributed by atoms with Gasteiger partial charge in [0, 0.05) is 5.56 Å². The lowest BCUT2D eigenvalue weighted by Gasteiger charge is -2.07. The highest BCUT2D eigenvalue weighted by Crippen LogP contribution is 2.20. The molecule has 4 rings (SSSR count).